The number of esters is 1. The molecule has 1 aromatic heterocycles. The lowest BCUT2D eigenvalue weighted by Gasteiger charge is -2.08. The van der Waals surface area contributed by atoms with Gasteiger partial charge in [0.1, 0.15) is 6.54 Å². The summed E-state index contributed by atoms with van der Waals surface area (Å²) in [6.07, 6.45) is -0.205. The maximum Gasteiger partial charge on any atom is 0.338 e. The van der Waals surface area contributed by atoms with Crippen molar-refractivity contribution in [3.8, 4) is 11.4 Å². The molecule has 0 atom stereocenters. The van der Waals surface area contributed by atoms with Gasteiger partial charge in [-0.15, -0.1) is 10.2 Å². The molecule has 2 aromatic carbocycles. The first-order valence-corrected chi connectivity index (χ1v) is 9.32. The van der Waals surface area contributed by atoms with Gasteiger partial charge in [0.05, 0.1) is 11.7 Å². The van der Waals surface area contributed by atoms with Crippen LogP contribution < -0.4 is 5.32 Å². The van der Waals surface area contributed by atoms with Crippen LogP contribution in [-0.4, -0.2) is 38.2 Å². The third-order valence-corrected chi connectivity index (χ3v) is 4.05. The van der Waals surface area contributed by atoms with Crippen LogP contribution in [0, 0.1) is 6.92 Å². The van der Waals surface area contributed by atoms with Gasteiger partial charge in [-0.3, -0.25) is 4.79 Å². The van der Waals surface area contributed by atoms with Gasteiger partial charge in [-0.1, -0.05) is 42.0 Å². The van der Waals surface area contributed by atoms with E-state index in [1.165, 1.54) is 10.4 Å². The quantitative estimate of drug-likeness (QED) is 0.619. The second-order valence-electron chi connectivity index (χ2n) is 6.94. The van der Waals surface area contributed by atoms with Crippen LogP contribution in [0.25, 0.3) is 11.4 Å². The van der Waals surface area contributed by atoms with E-state index in [1.807, 2.05) is 31.2 Å². The van der Waals surface area contributed by atoms with Crippen LogP contribution in [0.4, 0.5) is 0 Å². The SMILES string of the molecule is Cc1ccc(CNC(=O)Cn2nnc(-c3cccc(C(=O)OC(C)C)c3)n2)cc1. The minimum absolute atomic E-state index is 0.0477. The van der Waals surface area contributed by atoms with Crippen molar-refractivity contribution in [3.63, 3.8) is 0 Å². The molecule has 0 aliphatic heterocycles. The molecule has 0 saturated carbocycles. The van der Waals surface area contributed by atoms with E-state index in [-0.39, 0.29) is 18.6 Å². The number of hydrogen-bond acceptors (Lipinski definition) is 6. The zero-order chi connectivity index (χ0) is 20.8. The summed E-state index contributed by atoms with van der Waals surface area (Å²) in [5, 5.41) is 15.0. The number of rotatable bonds is 7. The Balaban J connectivity index is 1.61. The van der Waals surface area contributed by atoms with E-state index in [0.29, 0.717) is 23.5 Å². The number of aromatic nitrogens is 4. The Morgan fingerprint density at radius 3 is 2.62 bits per heavy atom. The maximum absolute atomic E-state index is 12.1. The first kappa shape index (κ1) is 20.2. The molecule has 3 rings (SSSR count). The fraction of sp³-hybridized carbons (Fsp3) is 0.286. The third kappa shape index (κ3) is 5.71. The summed E-state index contributed by atoms with van der Waals surface area (Å²) in [6, 6.07) is 14.7. The van der Waals surface area contributed by atoms with Gasteiger partial charge in [-0.25, -0.2) is 4.79 Å². The Morgan fingerprint density at radius 1 is 1.14 bits per heavy atom. The molecule has 0 spiro atoms. The Labute approximate surface area is 168 Å². The second kappa shape index (κ2) is 9.09. The fourth-order valence-electron chi connectivity index (χ4n) is 2.58. The first-order chi connectivity index (χ1) is 13.9. The number of carbonyl (C=O) groups is 2. The number of benzene rings is 2. The van der Waals surface area contributed by atoms with Crippen LogP contribution in [0.5, 0.6) is 0 Å². The van der Waals surface area contributed by atoms with Crippen LogP contribution >= 0.6 is 0 Å². The van der Waals surface area contributed by atoms with Gasteiger partial charge in [0.15, 0.2) is 0 Å². The molecule has 0 aliphatic rings. The maximum atomic E-state index is 12.1. The van der Waals surface area contributed by atoms with Crippen molar-refractivity contribution in [2.75, 3.05) is 0 Å². The van der Waals surface area contributed by atoms with Gasteiger partial charge in [0, 0.05) is 12.1 Å². The van der Waals surface area contributed by atoms with E-state index in [0.717, 1.165) is 5.56 Å². The number of amides is 1. The molecule has 8 nitrogen and oxygen atoms in total. The van der Waals surface area contributed by atoms with E-state index in [4.69, 9.17) is 4.74 Å². The first-order valence-electron chi connectivity index (χ1n) is 9.32. The molecular formula is C21H23N5O3. The van der Waals surface area contributed by atoms with Crippen molar-refractivity contribution in [2.45, 2.75) is 40.0 Å². The summed E-state index contributed by atoms with van der Waals surface area (Å²) in [4.78, 5) is 25.4. The van der Waals surface area contributed by atoms with Crippen molar-refractivity contribution in [2.24, 2.45) is 0 Å². The van der Waals surface area contributed by atoms with Gasteiger partial charge in [0.25, 0.3) is 0 Å². The Kier molecular flexibility index (Phi) is 6.33. The molecule has 0 radical (unpaired) electrons. The average molecular weight is 393 g/mol. The van der Waals surface area contributed by atoms with Crippen LogP contribution in [0.2, 0.25) is 0 Å². The number of hydrogen-bond donors (Lipinski definition) is 1. The van der Waals surface area contributed by atoms with Crippen LogP contribution in [0.15, 0.2) is 48.5 Å². The van der Waals surface area contributed by atoms with Crippen molar-refractivity contribution in [1.29, 1.82) is 0 Å². The zero-order valence-corrected chi connectivity index (χ0v) is 16.6. The lowest BCUT2D eigenvalue weighted by Crippen LogP contribution is -2.28. The predicted octanol–water partition coefficient (Wildman–Crippen LogP) is 2.53. The number of tetrazole rings is 1. The summed E-state index contributed by atoms with van der Waals surface area (Å²) in [6.45, 7) is 5.98. The molecule has 0 bridgehead atoms. The molecule has 29 heavy (non-hydrogen) atoms. The van der Waals surface area contributed by atoms with E-state index in [9.17, 15) is 9.59 Å². The Bertz CT molecular complexity index is 996. The van der Waals surface area contributed by atoms with Crippen molar-refractivity contribution in [1.82, 2.24) is 25.5 Å². The average Bonchev–Trinajstić information content (AvgIpc) is 3.15. The molecule has 1 N–H and O–H groups in total. The molecule has 0 unspecified atom stereocenters. The standard InChI is InChI=1S/C21H23N5O3/c1-14(2)29-21(28)18-6-4-5-17(11-18)20-23-25-26(24-20)13-19(27)22-12-16-9-7-15(3)8-10-16/h4-11,14H,12-13H2,1-3H3,(H,22,27). The number of nitrogens with one attached hydrogen (secondary N) is 1. The third-order valence-electron chi connectivity index (χ3n) is 4.05. The number of carbonyl (C=O) groups excluding carboxylic acids is 2. The minimum atomic E-state index is -0.412. The van der Waals surface area contributed by atoms with E-state index in [1.54, 1.807) is 38.1 Å². The molecule has 3 aromatic rings. The molecule has 1 heterocycles. The lowest BCUT2D eigenvalue weighted by atomic mass is 10.1. The number of ether oxygens (including phenoxy) is 1. The highest BCUT2D eigenvalue weighted by Gasteiger charge is 2.13. The van der Waals surface area contributed by atoms with Crippen molar-refractivity contribution in [3.05, 3.63) is 65.2 Å². The molecule has 0 aliphatic carbocycles. The van der Waals surface area contributed by atoms with Crippen molar-refractivity contribution >= 4 is 11.9 Å². The van der Waals surface area contributed by atoms with E-state index >= 15 is 0 Å². The summed E-state index contributed by atoms with van der Waals surface area (Å²) < 4.78 is 5.20. The lowest BCUT2D eigenvalue weighted by molar-refractivity contribution is -0.122. The van der Waals surface area contributed by atoms with Crippen LogP contribution in [0.1, 0.15) is 35.3 Å². The second-order valence-corrected chi connectivity index (χ2v) is 6.94. The van der Waals surface area contributed by atoms with E-state index in [2.05, 4.69) is 20.7 Å². The molecular weight excluding hydrogens is 370 g/mol. The highest BCUT2D eigenvalue weighted by atomic mass is 16.5. The topological polar surface area (TPSA) is 99.0 Å². The van der Waals surface area contributed by atoms with Gasteiger partial charge < -0.3 is 10.1 Å². The predicted molar refractivity (Wildman–Crippen MR) is 107 cm³/mol. The summed E-state index contributed by atoms with van der Waals surface area (Å²) >= 11 is 0. The van der Waals surface area contributed by atoms with Gasteiger partial charge in [-0.2, -0.15) is 4.80 Å². The highest BCUT2D eigenvalue weighted by Crippen LogP contribution is 2.16. The zero-order valence-electron chi connectivity index (χ0n) is 16.6. The monoisotopic (exact) mass is 393 g/mol. The molecule has 0 fully saturated rings. The normalized spacial score (nSPS) is 10.8. The summed E-state index contributed by atoms with van der Waals surface area (Å²) in [5.74, 6) is -0.302. The van der Waals surface area contributed by atoms with Gasteiger partial charge in [0.2, 0.25) is 11.7 Å². The minimum Gasteiger partial charge on any atom is -0.459 e. The summed E-state index contributed by atoms with van der Waals surface area (Å²) in [5.41, 5.74) is 3.21. The molecule has 8 heteroatoms. The summed E-state index contributed by atoms with van der Waals surface area (Å²) in [7, 11) is 0. The number of nitrogens with zero attached hydrogens (tertiary/aromatic N) is 4. The molecule has 1 amide bonds. The Morgan fingerprint density at radius 2 is 1.90 bits per heavy atom. The van der Waals surface area contributed by atoms with E-state index < -0.39 is 5.97 Å². The van der Waals surface area contributed by atoms with Gasteiger partial charge >= 0.3 is 5.97 Å². The van der Waals surface area contributed by atoms with Crippen LogP contribution in [-0.2, 0) is 22.6 Å². The molecule has 0 saturated heterocycles. The highest BCUT2D eigenvalue weighted by molar-refractivity contribution is 5.90. The smallest absolute Gasteiger partial charge is 0.338 e. The van der Waals surface area contributed by atoms with Crippen molar-refractivity contribution < 1.29 is 14.3 Å². The van der Waals surface area contributed by atoms with Crippen LogP contribution in [0.3, 0.4) is 0 Å². The fourth-order valence-corrected chi connectivity index (χ4v) is 2.58. The molecule has 150 valence electrons. The number of aryl methyl sites for hydroxylation is 1. The Hall–Kier alpha value is -3.55. The van der Waals surface area contributed by atoms with Gasteiger partial charge in [-0.05, 0) is 43.7 Å². The largest absolute Gasteiger partial charge is 0.459 e.